The zero-order valence-corrected chi connectivity index (χ0v) is 18.1. The van der Waals surface area contributed by atoms with Gasteiger partial charge in [-0.2, -0.15) is 0 Å². The van der Waals surface area contributed by atoms with Gasteiger partial charge in [-0.1, -0.05) is 19.1 Å². The van der Waals surface area contributed by atoms with Crippen LogP contribution in [-0.2, 0) is 27.7 Å². The average molecular weight is 431 g/mol. The van der Waals surface area contributed by atoms with Crippen LogP contribution >= 0.6 is 11.3 Å². The molecule has 6 nitrogen and oxygen atoms in total. The van der Waals surface area contributed by atoms with Gasteiger partial charge in [0.2, 0.25) is 5.91 Å². The van der Waals surface area contributed by atoms with E-state index in [9.17, 15) is 13.2 Å². The first kappa shape index (κ1) is 21.0. The molecule has 0 aliphatic heterocycles. The molecule has 1 aromatic heterocycles. The van der Waals surface area contributed by atoms with Crippen molar-refractivity contribution in [3.05, 3.63) is 65.2 Å². The molecule has 1 heterocycles. The zero-order valence-electron chi connectivity index (χ0n) is 16.5. The van der Waals surface area contributed by atoms with Gasteiger partial charge in [-0.25, -0.2) is 13.4 Å². The van der Waals surface area contributed by atoms with Crippen molar-refractivity contribution < 1.29 is 17.9 Å². The first-order valence-electron chi connectivity index (χ1n) is 9.05. The Balaban J connectivity index is 1.72. The Morgan fingerprint density at radius 1 is 1.10 bits per heavy atom. The van der Waals surface area contributed by atoms with E-state index in [1.807, 2.05) is 29.6 Å². The highest BCUT2D eigenvalue weighted by Gasteiger charge is 2.18. The van der Waals surface area contributed by atoms with Crippen LogP contribution in [0.3, 0.4) is 0 Å². The molecule has 0 fully saturated rings. The first-order chi connectivity index (χ1) is 13.8. The Morgan fingerprint density at radius 3 is 2.31 bits per heavy atom. The number of sulfone groups is 1. The summed E-state index contributed by atoms with van der Waals surface area (Å²) in [5.41, 5.74) is 2.66. The van der Waals surface area contributed by atoms with Crippen LogP contribution in [0.25, 0.3) is 0 Å². The second-order valence-electron chi connectivity index (χ2n) is 6.53. The fourth-order valence-corrected chi connectivity index (χ4v) is 4.22. The van der Waals surface area contributed by atoms with Crippen LogP contribution in [0.5, 0.6) is 5.75 Å². The molecule has 3 rings (SSSR count). The van der Waals surface area contributed by atoms with E-state index in [-0.39, 0.29) is 17.4 Å². The molecule has 1 amide bonds. The van der Waals surface area contributed by atoms with E-state index in [1.54, 1.807) is 17.0 Å². The highest BCUT2D eigenvalue weighted by Crippen LogP contribution is 2.29. The van der Waals surface area contributed by atoms with Crippen LogP contribution in [0, 0.1) is 0 Å². The monoisotopic (exact) mass is 430 g/mol. The summed E-state index contributed by atoms with van der Waals surface area (Å²) in [5.74, 6) is 0.429. The molecular weight excluding hydrogens is 408 g/mol. The van der Waals surface area contributed by atoms with Crippen molar-refractivity contribution in [2.75, 3.05) is 11.2 Å². The number of nitrogens with zero attached hydrogens (tertiary/aromatic N) is 2. The fraction of sp³-hybridized carbons (Fsp3) is 0.238. The number of carbonyl (C=O) groups excluding carboxylic acids is 1. The lowest BCUT2D eigenvalue weighted by atomic mass is 10.1. The van der Waals surface area contributed by atoms with Gasteiger partial charge >= 0.3 is 0 Å². The number of ether oxygens (including phenoxy) is 1. The number of aryl methyl sites for hydroxylation is 1. The minimum Gasteiger partial charge on any atom is -0.487 e. The van der Waals surface area contributed by atoms with Crippen LogP contribution < -0.4 is 9.64 Å². The third-order valence-electron chi connectivity index (χ3n) is 4.29. The molecule has 0 bridgehead atoms. The number of anilines is 2. The quantitative estimate of drug-likeness (QED) is 0.556. The first-order valence-corrected chi connectivity index (χ1v) is 11.8. The second kappa shape index (κ2) is 8.75. The maximum absolute atomic E-state index is 12.2. The molecule has 0 atom stereocenters. The van der Waals surface area contributed by atoms with E-state index in [0.717, 1.165) is 18.4 Å². The van der Waals surface area contributed by atoms with Gasteiger partial charge in [0.25, 0.3) is 0 Å². The minimum absolute atomic E-state index is 0.118. The molecular formula is C21H22N2O4S2. The summed E-state index contributed by atoms with van der Waals surface area (Å²) in [6.45, 7) is 3.81. The number of hydrogen-bond acceptors (Lipinski definition) is 6. The molecule has 0 unspecified atom stereocenters. The van der Waals surface area contributed by atoms with Gasteiger partial charge in [-0.3, -0.25) is 9.69 Å². The van der Waals surface area contributed by atoms with Gasteiger partial charge in [-0.15, -0.1) is 11.3 Å². The van der Waals surface area contributed by atoms with E-state index in [2.05, 4.69) is 11.9 Å². The van der Waals surface area contributed by atoms with Crippen molar-refractivity contribution in [1.29, 1.82) is 0 Å². The second-order valence-corrected chi connectivity index (χ2v) is 9.38. The van der Waals surface area contributed by atoms with Gasteiger partial charge in [-0.05, 0) is 48.4 Å². The Morgan fingerprint density at radius 2 is 1.76 bits per heavy atom. The summed E-state index contributed by atoms with van der Waals surface area (Å²) in [4.78, 5) is 18.6. The standard InChI is InChI=1S/C21H22N2O4S2/c1-4-16-5-7-18(8-6-16)23(15(2)24)21-22-17(14-28-21)13-27-19-9-11-20(12-10-19)29(3,25)26/h5-12,14H,4,13H2,1-3H3. The van der Waals surface area contributed by atoms with Crippen molar-refractivity contribution in [3.63, 3.8) is 0 Å². The number of carbonyl (C=O) groups is 1. The van der Waals surface area contributed by atoms with Crippen LogP contribution in [0.4, 0.5) is 10.8 Å². The summed E-state index contributed by atoms with van der Waals surface area (Å²) >= 11 is 1.37. The third-order valence-corrected chi connectivity index (χ3v) is 6.29. The molecule has 2 aromatic carbocycles. The van der Waals surface area contributed by atoms with Crippen LogP contribution in [0.1, 0.15) is 25.1 Å². The number of aromatic nitrogens is 1. The van der Waals surface area contributed by atoms with E-state index in [4.69, 9.17) is 4.74 Å². The maximum atomic E-state index is 12.2. The predicted octanol–water partition coefficient (Wildman–Crippen LogP) is 4.37. The third kappa shape index (κ3) is 5.21. The number of rotatable bonds is 7. The topological polar surface area (TPSA) is 76.6 Å². The van der Waals surface area contributed by atoms with Crippen LogP contribution in [0.2, 0.25) is 0 Å². The molecule has 152 valence electrons. The van der Waals surface area contributed by atoms with Crippen LogP contribution in [0.15, 0.2) is 58.8 Å². The van der Waals surface area contributed by atoms with Crippen LogP contribution in [-0.4, -0.2) is 25.6 Å². The number of hydrogen-bond donors (Lipinski definition) is 0. The average Bonchev–Trinajstić information content (AvgIpc) is 3.15. The lowest BCUT2D eigenvalue weighted by Gasteiger charge is -2.18. The number of benzene rings is 2. The van der Waals surface area contributed by atoms with Crippen molar-refractivity contribution in [2.45, 2.75) is 31.8 Å². The van der Waals surface area contributed by atoms with Gasteiger partial charge in [0, 0.05) is 18.6 Å². The smallest absolute Gasteiger partial charge is 0.230 e. The van der Waals surface area contributed by atoms with E-state index < -0.39 is 9.84 Å². The van der Waals surface area contributed by atoms with Gasteiger partial charge < -0.3 is 4.74 Å². The van der Waals surface area contributed by atoms with E-state index in [1.165, 1.54) is 36.0 Å². The molecule has 0 saturated carbocycles. The Kier molecular flexibility index (Phi) is 6.34. The van der Waals surface area contributed by atoms with Gasteiger partial charge in [0.1, 0.15) is 12.4 Å². The molecule has 0 radical (unpaired) electrons. The summed E-state index contributed by atoms with van der Waals surface area (Å²) < 4.78 is 28.7. The summed E-state index contributed by atoms with van der Waals surface area (Å²) in [5, 5.41) is 2.42. The minimum atomic E-state index is -3.24. The molecule has 0 spiro atoms. The predicted molar refractivity (Wildman–Crippen MR) is 115 cm³/mol. The van der Waals surface area contributed by atoms with Gasteiger partial charge in [0.15, 0.2) is 15.0 Å². The largest absolute Gasteiger partial charge is 0.487 e. The molecule has 0 aliphatic carbocycles. The maximum Gasteiger partial charge on any atom is 0.230 e. The summed E-state index contributed by atoms with van der Waals surface area (Å²) in [6.07, 6.45) is 2.10. The van der Waals surface area contributed by atoms with Crippen molar-refractivity contribution in [2.24, 2.45) is 0 Å². The molecule has 0 N–H and O–H groups in total. The molecule has 3 aromatic rings. The van der Waals surface area contributed by atoms with Crippen molar-refractivity contribution in [3.8, 4) is 5.75 Å². The lowest BCUT2D eigenvalue weighted by Crippen LogP contribution is -2.22. The number of thiazole rings is 1. The van der Waals surface area contributed by atoms with Crippen molar-refractivity contribution >= 4 is 37.9 Å². The van der Waals surface area contributed by atoms with Gasteiger partial charge in [0.05, 0.1) is 16.3 Å². The molecule has 0 aliphatic rings. The summed E-state index contributed by atoms with van der Waals surface area (Å²) in [6, 6.07) is 14.1. The molecule has 8 heteroatoms. The summed E-state index contributed by atoms with van der Waals surface area (Å²) in [7, 11) is -3.24. The highest BCUT2D eigenvalue weighted by molar-refractivity contribution is 7.90. The number of amides is 1. The zero-order chi connectivity index (χ0) is 21.0. The van der Waals surface area contributed by atoms with Crippen molar-refractivity contribution in [1.82, 2.24) is 4.98 Å². The Labute approximate surface area is 174 Å². The Hall–Kier alpha value is -2.71. The Bertz CT molecular complexity index is 1090. The van der Waals surface area contributed by atoms with E-state index >= 15 is 0 Å². The SMILES string of the molecule is CCc1ccc(N(C(C)=O)c2nc(COc3ccc(S(C)(=O)=O)cc3)cs2)cc1. The fourth-order valence-electron chi connectivity index (χ4n) is 2.71. The molecule has 29 heavy (non-hydrogen) atoms. The van der Waals surface area contributed by atoms with E-state index in [0.29, 0.717) is 16.6 Å². The normalized spacial score (nSPS) is 11.3. The highest BCUT2D eigenvalue weighted by atomic mass is 32.2. The lowest BCUT2D eigenvalue weighted by molar-refractivity contribution is -0.115. The molecule has 0 saturated heterocycles.